The van der Waals surface area contributed by atoms with Gasteiger partial charge in [-0.05, 0) is 82.0 Å². The number of aryl methyl sites for hydroxylation is 2. The normalized spacial score (nSPS) is 19.0. The maximum atomic E-state index is 6.47. The molecule has 4 heteroatoms. The summed E-state index contributed by atoms with van der Waals surface area (Å²) in [4.78, 5) is 3.55. The van der Waals surface area contributed by atoms with E-state index in [1.165, 1.54) is 28.8 Å². The smallest absolute Gasteiger partial charge is 0.0559 e. The fourth-order valence-electron chi connectivity index (χ4n) is 4.11. The van der Waals surface area contributed by atoms with Gasteiger partial charge in [-0.3, -0.25) is 0 Å². The minimum absolute atomic E-state index is 0.198. The minimum atomic E-state index is 0.198. The van der Waals surface area contributed by atoms with Crippen molar-refractivity contribution in [2.45, 2.75) is 50.8 Å². The summed E-state index contributed by atoms with van der Waals surface area (Å²) < 4.78 is 2.49. The van der Waals surface area contributed by atoms with E-state index in [0.717, 1.165) is 36.0 Å². The SMILES string of the molecule is CCN(C)CCC1(CC)CN(Sc2ccccc2Cl)c2c(C)cc(C)cc21. The molecule has 2 nitrogen and oxygen atoms in total. The van der Waals surface area contributed by atoms with Crippen LogP contribution in [0.2, 0.25) is 5.02 Å². The molecule has 1 aliphatic heterocycles. The van der Waals surface area contributed by atoms with Crippen LogP contribution >= 0.6 is 23.5 Å². The second kappa shape index (κ2) is 8.46. The van der Waals surface area contributed by atoms with Crippen molar-refractivity contribution in [3.8, 4) is 0 Å². The number of benzene rings is 2. The van der Waals surface area contributed by atoms with E-state index in [-0.39, 0.29) is 5.41 Å². The fraction of sp³-hybridized carbons (Fsp3) is 0.478. The Balaban J connectivity index is 2.00. The molecule has 0 aromatic heterocycles. The van der Waals surface area contributed by atoms with Crippen LogP contribution in [0.15, 0.2) is 41.3 Å². The van der Waals surface area contributed by atoms with Crippen molar-refractivity contribution in [1.29, 1.82) is 0 Å². The fourth-order valence-corrected chi connectivity index (χ4v) is 5.52. The largest absolute Gasteiger partial charge is 0.311 e. The Morgan fingerprint density at radius 1 is 1.19 bits per heavy atom. The minimum Gasteiger partial charge on any atom is -0.311 e. The first kappa shape index (κ1) is 20.6. The van der Waals surface area contributed by atoms with Crippen LogP contribution in [0.25, 0.3) is 0 Å². The molecule has 0 saturated carbocycles. The van der Waals surface area contributed by atoms with E-state index in [9.17, 15) is 0 Å². The molecular formula is C23H31ClN2S. The van der Waals surface area contributed by atoms with Gasteiger partial charge in [0.25, 0.3) is 0 Å². The lowest BCUT2D eigenvalue weighted by Crippen LogP contribution is -2.34. The Labute approximate surface area is 174 Å². The lowest BCUT2D eigenvalue weighted by Gasteiger charge is -2.31. The van der Waals surface area contributed by atoms with Crippen molar-refractivity contribution >= 4 is 29.2 Å². The molecule has 1 heterocycles. The lowest BCUT2D eigenvalue weighted by atomic mass is 9.76. The van der Waals surface area contributed by atoms with Gasteiger partial charge in [-0.15, -0.1) is 0 Å². The number of anilines is 1. The van der Waals surface area contributed by atoms with Gasteiger partial charge in [0.2, 0.25) is 0 Å². The molecule has 0 radical (unpaired) electrons. The molecule has 1 unspecified atom stereocenters. The quantitative estimate of drug-likeness (QED) is 0.489. The van der Waals surface area contributed by atoms with Gasteiger partial charge in [-0.25, -0.2) is 0 Å². The standard InChI is InChI=1S/C23H31ClN2S/c1-6-23(12-13-25(5)7-2)16-26(27-21-11-9-8-10-20(21)24)22-18(4)14-17(3)15-19(22)23/h8-11,14-15H,6-7,12-13,16H2,1-5H3. The number of halogens is 1. The third-order valence-corrected chi connectivity index (χ3v) is 7.47. The Morgan fingerprint density at radius 3 is 2.59 bits per heavy atom. The molecule has 0 saturated heterocycles. The van der Waals surface area contributed by atoms with E-state index in [0.29, 0.717) is 0 Å². The van der Waals surface area contributed by atoms with Gasteiger partial charge in [0, 0.05) is 16.9 Å². The molecule has 1 atom stereocenters. The van der Waals surface area contributed by atoms with Gasteiger partial charge in [0.1, 0.15) is 0 Å². The second-order valence-corrected chi connectivity index (χ2v) is 9.29. The molecule has 1 aliphatic rings. The average Bonchev–Trinajstić information content (AvgIpc) is 2.95. The Morgan fingerprint density at radius 2 is 1.93 bits per heavy atom. The van der Waals surface area contributed by atoms with Crippen LogP contribution in [0.4, 0.5) is 5.69 Å². The summed E-state index contributed by atoms with van der Waals surface area (Å²) in [5.41, 5.74) is 5.84. The Hall–Kier alpha value is -1.16. The van der Waals surface area contributed by atoms with Crippen LogP contribution in [-0.2, 0) is 5.41 Å². The Bertz CT molecular complexity index is 807. The van der Waals surface area contributed by atoms with Crippen molar-refractivity contribution < 1.29 is 0 Å². The van der Waals surface area contributed by atoms with Crippen molar-refractivity contribution in [3.63, 3.8) is 0 Å². The molecule has 0 aliphatic carbocycles. The molecule has 3 rings (SSSR count). The lowest BCUT2D eigenvalue weighted by molar-refractivity contribution is 0.291. The van der Waals surface area contributed by atoms with Crippen LogP contribution in [0.5, 0.6) is 0 Å². The summed E-state index contributed by atoms with van der Waals surface area (Å²) in [6, 6.07) is 12.9. The first-order valence-corrected chi connectivity index (χ1v) is 11.1. The van der Waals surface area contributed by atoms with Crippen LogP contribution in [0.1, 0.15) is 43.4 Å². The monoisotopic (exact) mass is 402 g/mol. The molecule has 0 fully saturated rings. The van der Waals surface area contributed by atoms with Crippen LogP contribution in [0.3, 0.4) is 0 Å². The topological polar surface area (TPSA) is 6.48 Å². The highest BCUT2D eigenvalue weighted by atomic mass is 35.5. The molecule has 0 N–H and O–H groups in total. The highest BCUT2D eigenvalue weighted by molar-refractivity contribution is 8.00. The van der Waals surface area contributed by atoms with E-state index in [4.69, 9.17) is 11.6 Å². The van der Waals surface area contributed by atoms with E-state index < -0.39 is 0 Å². The van der Waals surface area contributed by atoms with Gasteiger partial charge in [-0.2, -0.15) is 0 Å². The number of hydrogen-bond acceptors (Lipinski definition) is 3. The third-order valence-electron chi connectivity index (χ3n) is 5.95. The average molecular weight is 403 g/mol. The summed E-state index contributed by atoms with van der Waals surface area (Å²) in [6.07, 6.45) is 2.34. The van der Waals surface area contributed by atoms with Gasteiger partial charge in [0.15, 0.2) is 0 Å². The van der Waals surface area contributed by atoms with Crippen molar-refractivity contribution in [3.05, 3.63) is 58.1 Å². The van der Waals surface area contributed by atoms with E-state index in [1.807, 2.05) is 12.1 Å². The maximum absolute atomic E-state index is 6.47. The molecule has 0 spiro atoms. The molecular weight excluding hydrogens is 372 g/mol. The van der Waals surface area contributed by atoms with Crippen LogP contribution in [0, 0.1) is 13.8 Å². The van der Waals surface area contributed by atoms with Crippen molar-refractivity contribution in [1.82, 2.24) is 4.90 Å². The summed E-state index contributed by atoms with van der Waals surface area (Å²) >= 11 is 8.25. The zero-order valence-electron chi connectivity index (χ0n) is 17.2. The predicted octanol–water partition coefficient (Wildman–Crippen LogP) is 6.47. The highest BCUT2D eigenvalue weighted by Crippen LogP contribution is 2.51. The summed E-state index contributed by atoms with van der Waals surface area (Å²) in [5, 5.41) is 0.827. The third kappa shape index (κ3) is 4.16. The zero-order chi connectivity index (χ0) is 19.6. The first-order chi connectivity index (χ1) is 12.9. The number of fused-ring (bicyclic) bond motifs is 1. The molecule has 146 valence electrons. The van der Waals surface area contributed by atoms with E-state index in [2.05, 4.69) is 68.2 Å². The van der Waals surface area contributed by atoms with Gasteiger partial charge in [0.05, 0.1) is 10.7 Å². The summed E-state index contributed by atoms with van der Waals surface area (Å²) in [5.74, 6) is 0. The molecule has 0 bridgehead atoms. The molecule has 27 heavy (non-hydrogen) atoms. The zero-order valence-corrected chi connectivity index (χ0v) is 18.8. The summed E-state index contributed by atoms with van der Waals surface area (Å²) in [7, 11) is 2.22. The predicted molar refractivity (Wildman–Crippen MR) is 120 cm³/mol. The Kier molecular flexibility index (Phi) is 6.45. The van der Waals surface area contributed by atoms with Gasteiger partial charge < -0.3 is 9.21 Å². The second-order valence-electron chi connectivity index (χ2n) is 7.82. The van der Waals surface area contributed by atoms with Crippen LogP contribution < -0.4 is 4.31 Å². The molecule has 2 aromatic rings. The molecule has 2 aromatic carbocycles. The van der Waals surface area contributed by atoms with Crippen molar-refractivity contribution in [2.24, 2.45) is 0 Å². The first-order valence-electron chi connectivity index (χ1n) is 9.90. The van der Waals surface area contributed by atoms with Gasteiger partial charge >= 0.3 is 0 Å². The number of nitrogens with zero attached hydrogens (tertiary/aromatic N) is 2. The van der Waals surface area contributed by atoms with Crippen LogP contribution in [-0.4, -0.2) is 31.6 Å². The number of hydrogen-bond donors (Lipinski definition) is 0. The van der Waals surface area contributed by atoms with E-state index >= 15 is 0 Å². The summed E-state index contributed by atoms with van der Waals surface area (Å²) in [6.45, 7) is 12.3. The maximum Gasteiger partial charge on any atom is 0.0559 e. The van der Waals surface area contributed by atoms with Crippen molar-refractivity contribution in [2.75, 3.05) is 31.0 Å². The highest BCUT2D eigenvalue weighted by Gasteiger charge is 2.42. The molecule has 0 amide bonds. The van der Waals surface area contributed by atoms with E-state index in [1.54, 1.807) is 11.9 Å². The van der Waals surface area contributed by atoms with Gasteiger partial charge in [-0.1, -0.05) is 55.3 Å². The number of rotatable bonds is 7.